The Hall–Kier alpha value is -3.73. The van der Waals surface area contributed by atoms with Crippen LogP contribution in [0, 0.1) is 0 Å². The van der Waals surface area contributed by atoms with Crippen molar-refractivity contribution in [2.24, 2.45) is 0 Å². The predicted molar refractivity (Wildman–Crippen MR) is 137 cm³/mol. The molecule has 0 aliphatic rings. The third-order valence-electron chi connectivity index (χ3n) is 4.64. The molecule has 0 spiro atoms. The minimum atomic E-state index is -0.777. The maximum absolute atomic E-state index is 12.7. The first-order valence-electron chi connectivity index (χ1n) is 11.7. The number of H-pyrrole nitrogens is 1. The summed E-state index contributed by atoms with van der Waals surface area (Å²) in [5.74, 6) is 0.120. The molecule has 0 bridgehead atoms. The van der Waals surface area contributed by atoms with Crippen molar-refractivity contribution in [3.05, 3.63) is 30.6 Å². The average Bonchev–Trinajstić information content (AvgIpc) is 3.16. The van der Waals surface area contributed by atoms with Gasteiger partial charge in [-0.25, -0.2) is 24.5 Å². The number of amides is 1. The zero-order valence-corrected chi connectivity index (χ0v) is 21.8. The number of carbonyl (C=O) groups is 2. The number of anilines is 2. The van der Waals surface area contributed by atoms with Gasteiger partial charge in [0.05, 0.1) is 29.8 Å². The Kier molecular flexibility index (Phi) is 8.13. The summed E-state index contributed by atoms with van der Waals surface area (Å²) >= 11 is 0. The topological polar surface area (TPSA) is 140 Å². The fourth-order valence-corrected chi connectivity index (χ4v) is 3.09. The number of imidazole rings is 1. The highest BCUT2D eigenvalue weighted by Gasteiger charge is 2.28. The van der Waals surface area contributed by atoms with Crippen LogP contribution in [0.5, 0.6) is 0 Å². The Bertz CT molecular complexity index is 1190. The summed E-state index contributed by atoms with van der Waals surface area (Å²) < 4.78 is 16.2. The van der Waals surface area contributed by atoms with Gasteiger partial charge >= 0.3 is 12.1 Å². The summed E-state index contributed by atoms with van der Waals surface area (Å²) in [4.78, 5) is 40.5. The van der Waals surface area contributed by atoms with Gasteiger partial charge < -0.3 is 24.5 Å². The molecule has 1 atom stereocenters. The molecule has 3 aromatic rings. The van der Waals surface area contributed by atoms with E-state index in [9.17, 15) is 9.59 Å². The highest BCUT2D eigenvalue weighted by molar-refractivity contribution is 5.88. The van der Waals surface area contributed by atoms with E-state index in [1.807, 2.05) is 59.7 Å². The van der Waals surface area contributed by atoms with Crippen LogP contribution < -0.4 is 10.6 Å². The van der Waals surface area contributed by atoms with E-state index < -0.39 is 29.3 Å². The van der Waals surface area contributed by atoms with Crippen LogP contribution in [-0.4, -0.2) is 62.5 Å². The number of carbonyl (C=O) groups excluding carboxylic acids is 2. The minimum absolute atomic E-state index is 0.0994. The largest absolute Gasteiger partial charge is 0.458 e. The number of esters is 1. The van der Waals surface area contributed by atoms with E-state index in [1.165, 1.54) is 0 Å². The summed E-state index contributed by atoms with van der Waals surface area (Å²) in [6.45, 7) is 13.3. The predicted octanol–water partition coefficient (Wildman–Crippen LogP) is 4.53. The fraction of sp³-hybridized carbons (Fsp3) is 0.480. The number of benzene rings is 1. The van der Waals surface area contributed by atoms with Crippen molar-refractivity contribution >= 4 is 35.0 Å². The molecule has 0 saturated carbocycles. The Labute approximate surface area is 210 Å². The molecule has 0 radical (unpaired) electrons. The van der Waals surface area contributed by atoms with Crippen LogP contribution in [0.15, 0.2) is 30.6 Å². The number of ether oxygens (including phenoxy) is 3. The summed E-state index contributed by atoms with van der Waals surface area (Å²) in [7, 11) is 0. The molecule has 11 heteroatoms. The third-order valence-corrected chi connectivity index (χ3v) is 4.64. The monoisotopic (exact) mass is 498 g/mol. The van der Waals surface area contributed by atoms with Gasteiger partial charge in [-0.1, -0.05) is 6.07 Å². The van der Waals surface area contributed by atoms with Crippen LogP contribution in [0.1, 0.15) is 48.5 Å². The number of nitrogens with zero attached hydrogens (tertiary/aromatic N) is 3. The van der Waals surface area contributed by atoms with Crippen molar-refractivity contribution in [2.45, 2.75) is 65.7 Å². The van der Waals surface area contributed by atoms with Gasteiger partial charge in [-0.05, 0) is 66.2 Å². The van der Waals surface area contributed by atoms with Gasteiger partial charge in [-0.2, -0.15) is 0 Å². The van der Waals surface area contributed by atoms with E-state index in [4.69, 9.17) is 14.2 Å². The van der Waals surface area contributed by atoms with E-state index >= 15 is 0 Å². The van der Waals surface area contributed by atoms with Crippen LogP contribution in [-0.2, 0) is 19.0 Å². The molecule has 36 heavy (non-hydrogen) atoms. The number of hydrogen-bond donors (Lipinski definition) is 3. The zero-order chi connectivity index (χ0) is 26.5. The normalized spacial score (nSPS) is 12.8. The molecule has 3 rings (SSSR count). The molecule has 11 nitrogen and oxygen atoms in total. The zero-order valence-electron chi connectivity index (χ0n) is 21.8. The Balaban J connectivity index is 1.74. The van der Waals surface area contributed by atoms with Crippen LogP contribution in [0.4, 0.5) is 16.7 Å². The number of fused-ring (bicyclic) bond motifs is 1. The molecule has 1 aromatic carbocycles. The van der Waals surface area contributed by atoms with Gasteiger partial charge in [-0.3, -0.25) is 5.32 Å². The molecule has 2 heterocycles. The molecule has 0 saturated heterocycles. The summed E-state index contributed by atoms with van der Waals surface area (Å²) in [5.41, 5.74) is 1.95. The van der Waals surface area contributed by atoms with Gasteiger partial charge in [0, 0.05) is 18.0 Å². The van der Waals surface area contributed by atoms with Gasteiger partial charge in [0.1, 0.15) is 5.60 Å². The van der Waals surface area contributed by atoms with Crippen molar-refractivity contribution < 1.29 is 23.8 Å². The number of aromatic amines is 1. The number of aromatic nitrogens is 4. The van der Waals surface area contributed by atoms with Crippen molar-refractivity contribution in [1.29, 1.82) is 0 Å². The lowest BCUT2D eigenvalue weighted by molar-refractivity contribution is -0.158. The first-order valence-corrected chi connectivity index (χ1v) is 11.7. The van der Waals surface area contributed by atoms with Gasteiger partial charge in [0.25, 0.3) is 0 Å². The smallest absolute Gasteiger partial charge is 0.413 e. The van der Waals surface area contributed by atoms with Crippen molar-refractivity contribution in [3.63, 3.8) is 0 Å². The lowest BCUT2D eigenvalue weighted by Crippen LogP contribution is -2.41. The van der Waals surface area contributed by atoms with Crippen LogP contribution >= 0.6 is 0 Å². The molecule has 194 valence electrons. The first kappa shape index (κ1) is 26.9. The fourth-order valence-electron chi connectivity index (χ4n) is 3.09. The maximum Gasteiger partial charge on any atom is 0.413 e. The van der Waals surface area contributed by atoms with Crippen LogP contribution in [0.2, 0.25) is 0 Å². The summed E-state index contributed by atoms with van der Waals surface area (Å²) in [6.07, 6.45) is 2.73. The highest BCUT2D eigenvalue weighted by Crippen LogP contribution is 2.24. The number of rotatable bonds is 8. The Morgan fingerprint density at radius 2 is 1.72 bits per heavy atom. The molecule has 0 fully saturated rings. The second-order valence-corrected chi connectivity index (χ2v) is 10.1. The third kappa shape index (κ3) is 7.91. The first-order chi connectivity index (χ1) is 16.8. The molecular weight excluding hydrogens is 464 g/mol. The lowest BCUT2D eigenvalue weighted by atomic mass is 10.1. The van der Waals surface area contributed by atoms with Crippen LogP contribution in [0.3, 0.4) is 0 Å². The van der Waals surface area contributed by atoms with Crippen molar-refractivity contribution in [1.82, 2.24) is 19.9 Å². The molecule has 0 aliphatic carbocycles. The molecule has 0 aliphatic heterocycles. The quantitative estimate of drug-likeness (QED) is 0.382. The van der Waals surface area contributed by atoms with Gasteiger partial charge in [0.15, 0.2) is 6.04 Å². The highest BCUT2D eigenvalue weighted by atomic mass is 16.6. The second-order valence-electron chi connectivity index (χ2n) is 10.1. The molecular formula is C25H34N6O5. The van der Waals surface area contributed by atoms with Crippen LogP contribution in [0.25, 0.3) is 22.2 Å². The van der Waals surface area contributed by atoms with E-state index in [0.717, 1.165) is 16.6 Å². The minimum Gasteiger partial charge on any atom is -0.458 e. The standard InChI is InChI=1S/C25H34N6O5/c1-8-34-23(33)31-22-28-17-10-9-15(11-18(17)29-22)16-12-26-21(27-13-16)30-19(14-35-24(2,3)4)20(32)36-25(5,6)7/h9-13,19H,8,14H2,1-7H3,(H,26,27,30)(H2,28,29,31,33)/t19-/m0/s1. The van der Waals surface area contributed by atoms with Crippen molar-refractivity contribution in [3.8, 4) is 11.1 Å². The van der Waals surface area contributed by atoms with E-state index in [-0.39, 0.29) is 19.2 Å². The maximum atomic E-state index is 12.7. The van der Waals surface area contributed by atoms with Gasteiger partial charge in [-0.15, -0.1) is 0 Å². The Morgan fingerprint density at radius 3 is 2.33 bits per heavy atom. The van der Waals surface area contributed by atoms with E-state index in [2.05, 4.69) is 30.6 Å². The summed E-state index contributed by atoms with van der Waals surface area (Å²) in [5, 5.41) is 5.58. The average molecular weight is 499 g/mol. The SMILES string of the molecule is CCOC(=O)Nc1nc2ccc(-c3cnc(N[C@@H](COC(C)(C)C)C(=O)OC(C)(C)C)nc3)cc2[nH]1. The van der Waals surface area contributed by atoms with E-state index in [1.54, 1.807) is 19.3 Å². The van der Waals surface area contributed by atoms with Crippen molar-refractivity contribution in [2.75, 3.05) is 23.8 Å². The summed E-state index contributed by atoms with van der Waals surface area (Å²) in [6, 6.07) is 4.81. The lowest BCUT2D eigenvalue weighted by Gasteiger charge is -2.27. The molecule has 1 amide bonds. The second kappa shape index (κ2) is 10.9. The Morgan fingerprint density at radius 1 is 1.03 bits per heavy atom. The van der Waals surface area contributed by atoms with Gasteiger partial charge in [0.2, 0.25) is 11.9 Å². The molecule has 3 N–H and O–H groups in total. The molecule has 2 aromatic heterocycles. The molecule has 0 unspecified atom stereocenters. The number of hydrogen-bond acceptors (Lipinski definition) is 9. The number of nitrogens with one attached hydrogen (secondary N) is 3. The van der Waals surface area contributed by atoms with E-state index in [0.29, 0.717) is 11.5 Å².